The lowest BCUT2D eigenvalue weighted by Crippen LogP contribution is -2.49. The number of nitrogens with zero attached hydrogens (tertiary/aromatic N) is 4. The summed E-state index contributed by atoms with van der Waals surface area (Å²) in [5.74, 6) is 1.91. The fraction of sp³-hybridized carbons (Fsp3) is 0.524. The zero-order chi connectivity index (χ0) is 20.3. The highest BCUT2D eigenvalue weighted by Crippen LogP contribution is 2.26. The Balaban J connectivity index is 1.84. The zero-order valence-electron chi connectivity index (χ0n) is 17.3. The average molecular weight is 403 g/mol. The number of aryl methyl sites for hydroxylation is 3. The van der Waals surface area contributed by atoms with Crippen LogP contribution in [-0.4, -0.2) is 54.6 Å². The Hall–Kier alpha value is -1.99. The van der Waals surface area contributed by atoms with Gasteiger partial charge in [0.15, 0.2) is 0 Å². The predicted octanol–water partition coefficient (Wildman–Crippen LogP) is 2.85. The molecule has 0 aliphatic carbocycles. The third kappa shape index (κ3) is 4.70. The van der Waals surface area contributed by atoms with Gasteiger partial charge in [-0.3, -0.25) is 0 Å². The van der Waals surface area contributed by atoms with E-state index in [-0.39, 0.29) is 5.75 Å². The van der Waals surface area contributed by atoms with Gasteiger partial charge in [-0.2, -0.15) is 4.31 Å². The monoisotopic (exact) mass is 402 g/mol. The molecule has 7 heteroatoms. The summed E-state index contributed by atoms with van der Waals surface area (Å²) in [4.78, 5) is 11.5. The van der Waals surface area contributed by atoms with Gasteiger partial charge in [0.1, 0.15) is 11.6 Å². The number of rotatable bonds is 6. The molecule has 3 rings (SSSR count). The van der Waals surface area contributed by atoms with Gasteiger partial charge in [-0.15, -0.1) is 0 Å². The first-order valence-electron chi connectivity index (χ1n) is 9.92. The van der Waals surface area contributed by atoms with Crippen molar-refractivity contribution in [2.45, 2.75) is 40.5 Å². The minimum Gasteiger partial charge on any atom is -0.354 e. The average Bonchev–Trinajstić information content (AvgIpc) is 2.64. The molecule has 1 saturated heterocycles. The molecule has 1 aromatic heterocycles. The van der Waals surface area contributed by atoms with Crippen LogP contribution in [0.4, 0.5) is 5.82 Å². The Bertz CT molecular complexity index is 935. The smallest absolute Gasteiger partial charge is 0.214 e. The minimum absolute atomic E-state index is 0.220. The Morgan fingerprint density at radius 2 is 1.75 bits per heavy atom. The Labute approximate surface area is 168 Å². The molecule has 0 spiro atoms. The van der Waals surface area contributed by atoms with E-state index in [1.807, 2.05) is 20.8 Å². The van der Waals surface area contributed by atoms with Crippen LogP contribution in [0.5, 0.6) is 0 Å². The highest BCUT2D eigenvalue weighted by atomic mass is 32.2. The number of sulfonamides is 1. The number of hydrogen-bond donors (Lipinski definition) is 0. The lowest BCUT2D eigenvalue weighted by atomic mass is 10.0. The summed E-state index contributed by atoms with van der Waals surface area (Å²) in [5, 5.41) is 0. The molecule has 0 saturated carbocycles. The molecule has 0 amide bonds. The standard InChI is InChI=1S/C21H30N4O2S/c1-5-13-28(26,27)25-11-9-24(10-12-25)21-20(17(3)22-18(4)23-21)15-19-8-6-7-16(2)14-19/h6-8,14H,5,9-13,15H2,1-4H3. The fourth-order valence-electron chi connectivity index (χ4n) is 3.78. The summed E-state index contributed by atoms with van der Waals surface area (Å²) in [5.41, 5.74) is 4.59. The molecule has 1 aliphatic rings. The van der Waals surface area contributed by atoms with Crippen LogP contribution in [0, 0.1) is 20.8 Å². The number of piperazine rings is 1. The second-order valence-electron chi connectivity index (χ2n) is 7.53. The summed E-state index contributed by atoms with van der Waals surface area (Å²) >= 11 is 0. The van der Waals surface area contributed by atoms with Gasteiger partial charge in [-0.1, -0.05) is 36.8 Å². The molecule has 152 valence electrons. The van der Waals surface area contributed by atoms with E-state index in [4.69, 9.17) is 4.98 Å². The van der Waals surface area contributed by atoms with Gasteiger partial charge < -0.3 is 4.90 Å². The summed E-state index contributed by atoms with van der Waals surface area (Å²) in [7, 11) is -3.14. The molecule has 28 heavy (non-hydrogen) atoms. The van der Waals surface area contributed by atoms with Crippen molar-refractivity contribution >= 4 is 15.8 Å². The quantitative estimate of drug-likeness (QED) is 0.743. The fourth-order valence-corrected chi connectivity index (χ4v) is 5.27. The van der Waals surface area contributed by atoms with Crippen LogP contribution in [0.1, 0.15) is 41.6 Å². The van der Waals surface area contributed by atoms with Gasteiger partial charge in [0, 0.05) is 43.9 Å². The molecule has 0 atom stereocenters. The first-order chi connectivity index (χ1) is 13.3. The summed E-state index contributed by atoms with van der Waals surface area (Å²) < 4.78 is 26.3. The van der Waals surface area contributed by atoms with Crippen molar-refractivity contribution in [2.24, 2.45) is 0 Å². The van der Waals surface area contributed by atoms with E-state index in [1.165, 1.54) is 11.1 Å². The van der Waals surface area contributed by atoms with Gasteiger partial charge in [0.05, 0.1) is 5.75 Å². The van der Waals surface area contributed by atoms with Crippen molar-refractivity contribution in [1.29, 1.82) is 0 Å². The van der Waals surface area contributed by atoms with E-state index in [1.54, 1.807) is 4.31 Å². The number of anilines is 1. The van der Waals surface area contributed by atoms with Crippen molar-refractivity contribution in [3.05, 3.63) is 52.5 Å². The molecule has 6 nitrogen and oxygen atoms in total. The first-order valence-corrected chi connectivity index (χ1v) is 11.5. The first kappa shape index (κ1) is 20.7. The highest BCUT2D eigenvalue weighted by Gasteiger charge is 2.28. The van der Waals surface area contributed by atoms with E-state index in [0.29, 0.717) is 32.6 Å². The molecule has 0 bridgehead atoms. The normalized spacial score (nSPS) is 15.8. The Morgan fingerprint density at radius 3 is 2.39 bits per heavy atom. The van der Waals surface area contributed by atoms with Gasteiger partial charge >= 0.3 is 0 Å². The molecule has 1 fully saturated rings. The van der Waals surface area contributed by atoms with E-state index in [9.17, 15) is 8.42 Å². The van der Waals surface area contributed by atoms with Crippen LogP contribution in [0.2, 0.25) is 0 Å². The van der Waals surface area contributed by atoms with Crippen molar-refractivity contribution < 1.29 is 8.42 Å². The lowest BCUT2D eigenvalue weighted by Gasteiger charge is -2.35. The maximum atomic E-state index is 12.4. The molecular formula is C21H30N4O2S. The van der Waals surface area contributed by atoms with E-state index >= 15 is 0 Å². The van der Waals surface area contributed by atoms with Crippen molar-refractivity contribution in [2.75, 3.05) is 36.8 Å². The van der Waals surface area contributed by atoms with Gasteiger partial charge in [-0.05, 0) is 32.8 Å². The van der Waals surface area contributed by atoms with E-state index in [0.717, 1.165) is 29.3 Å². The number of hydrogen-bond acceptors (Lipinski definition) is 5. The van der Waals surface area contributed by atoms with E-state index < -0.39 is 10.0 Å². The molecule has 0 unspecified atom stereocenters. The largest absolute Gasteiger partial charge is 0.354 e. The van der Waals surface area contributed by atoms with Crippen molar-refractivity contribution in [3.63, 3.8) is 0 Å². The maximum absolute atomic E-state index is 12.4. The summed E-state index contributed by atoms with van der Waals surface area (Å²) in [6.07, 6.45) is 1.42. The van der Waals surface area contributed by atoms with Crippen molar-refractivity contribution in [1.82, 2.24) is 14.3 Å². The maximum Gasteiger partial charge on any atom is 0.214 e. The molecular weight excluding hydrogens is 372 g/mol. The predicted molar refractivity (Wildman–Crippen MR) is 113 cm³/mol. The van der Waals surface area contributed by atoms with Gasteiger partial charge in [-0.25, -0.2) is 18.4 Å². The molecule has 1 aromatic carbocycles. The third-order valence-corrected chi connectivity index (χ3v) is 7.24. The molecule has 0 N–H and O–H groups in total. The van der Waals surface area contributed by atoms with Crippen LogP contribution < -0.4 is 4.90 Å². The van der Waals surface area contributed by atoms with Gasteiger partial charge in [0.2, 0.25) is 10.0 Å². The van der Waals surface area contributed by atoms with Crippen LogP contribution >= 0.6 is 0 Å². The van der Waals surface area contributed by atoms with Crippen LogP contribution in [0.25, 0.3) is 0 Å². The minimum atomic E-state index is -3.14. The van der Waals surface area contributed by atoms with Crippen LogP contribution in [0.15, 0.2) is 24.3 Å². The topological polar surface area (TPSA) is 66.4 Å². The van der Waals surface area contributed by atoms with Crippen LogP contribution in [0.3, 0.4) is 0 Å². The van der Waals surface area contributed by atoms with E-state index in [2.05, 4.69) is 41.1 Å². The third-order valence-electron chi connectivity index (χ3n) is 5.16. The lowest BCUT2D eigenvalue weighted by molar-refractivity contribution is 0.383. The SMILES string of the molecule is CCCS(=O)(=O)N1CCN(c2nc(C)nc(C)c2Cc2cccc(C)c2)CC1. The Morgan fingerprint density at radius 1 is 1.04 bits per heavy atom. The molecule has 2 aromatic rings. The number of benzene rings is 1. The second-order valence-corrected chi connectivity index (χ2v) is 9.61. The van der Waals surface area contributed by atoms with Crippen molar-refractivity contribution in [3.8, 4) is 0 Å². The zero-order valence-corrected chi connectivity index (χ0v) is 18.1. The van der Waals surface area contributed by atoms with Gasteiger partial charge in [0.25, 0.3) is 0 Å². The second kappa shape index (κ2) is 8.57. The number of aromatic nitrogens is 2. The molecule has 1 aliphatic heterocycles. The summed E-state index contributed by atoms with van der Waals surface area (Å²) in [6.45, 7) is 10.3. The molecule has 2 heterocycles. The highest BCUT2D eigenvalue weighted by molar-refractivity contribution is 7.89. The Kier molecular flexibility index (Phi) is 6.35. The molecule has 0 radical (unpaired) electrons. The van der Waals surface area contributed by atoms with Crippen LogP contribution in [-0.2, 0) is 16.4 Å². The summed E-state index contributed by atoms with van der Waals surface area (Å²) in [6, 6.07) is 8.49.